The van der Waals surface area contributed by atoms with E-state index < -0.39 is 8.32 Å². The molecular weight excluding hydrogens is 300 g/mol. The molecule has 0 aliphatic rings. The molecule has 23 heavy (non-hydrogen) atoms. The predicted molar refractivity (Wildman–Crippen MR) is 104 cm³/mol. The fourth-order valence-corrected chi connectivity index (χ4v) is 5.95. The Hall–Kier alpha value is -0.673. The van der Waals surface area contributed by atoms with Crippen LogP contribution in [0.2, 0.25) is 18.1 Å². The average molecular weight is 339 g/mol. The molecule has 0 aliphatic heterocycles. The van der Waals surface area contributed by atoms with Gasteiger partial charge in [-0.2, -0.15) is 0 Å². The van der Waals surface area contributed by atoms with Gasteiger partial charge in [0.05, 0.1) is 6.10 Å². The van der Waals surface area contributed by atoms with Crippen molar-refractivity contribution in [1.29, 1.82) is 0 Å². The first-order valence-electron chi connectivity index (χ1n) is 9.32. The van der Waals surface area contributed by atoms with Crippen LogP contribution < -0.4 is 0 Å². The van der Waals surface area contributed by atoms with Crippen molar-refractivity contribution < 1.29 is 9.22 Å². The first kappa shape index (κ1) is 22.3. The maximum absolute atomic E-state index is 12.5. The maximum atomic E-state index is 12.5. The zero-order chi connectivity index (χ0) is 18.0. The Labute approximate surface area is 145 Å². The molecule has 0 unspecified atom stereocenters. The van der Waals surface area contributed by atoms with Crippen LogP contribution in [0.4, 0.5) is 0 Å². The van der Waals surface area contributed by atoms with Gasteiger partial charge in [-0.1, -0.05) is 52.3 Å². The van der Waals surface area contributed by atoms with Gasteiger partial charge in [0, 0.05) is 12.3 Å². The quantitative estimate of drug-likeness (QED) is 0.326. The second-order valence-corrected chi connectivity index (χ2v) is 11.4. The van der Waals surface area contributed by atoms with Crippen molar-refractivity contribution in [3.8, 4) is 0 Å². The predicted octanol–water partition coefficient (Wildman–Crippen LogP) is 6.29. The number of ketones is 1. The summed E-state index contributed by atoms with van der Waals surface area (Å²) in [6.45, 7) is 17.1. The number of Topliss-reactive ketones (excluding diaryl/α,β-unsaturated/α-hetero) is 1. The Balaban J connectivity index is 5.62. The summed E-state index contributed by atoms with van der Waals surface area (Å²) < 4.78 is 6.74. The van der Waals surface area contributed by atoms with E-state index in [0.717, 1.165) is 24.6 Å². The molecule has 0 saturated heterocycles. The van der Waals surface area contributed by atoms with E-state index in [9.17, 15) is 4.79 Å². The third-order valence-electron chi connectivity index (χ3n) is 5.13. The van der Waals surface area contributed by atoms with E-state index in [1.807, 2.05) is 13.8 Å². The van der Waals surface area contributed by atoms with E-state index in [-0.39, 0.29) is 12.0 Å². The molecule has 2 atom stereocenters. The van der Waals surface area contributed by atoms with E-state index in [1.54, 1.807) is 0 Å². The number of rotatable bonds is 11. The molecule has 0 aliphatic carbocycles. The average Bonchev–Trinajstić information content (AvgIpc) is 2.56. The van der Waals surface area contributed by atoms with Crippen LogP contribution in [0.1, 0.15) is 68.2 Å². The van der Waals surface area contributed by atoms with Crippen LogP contribution in [0.3, 0.4) is 0 Å². The largest absolute Gasteiger partial charge is 0.410 e. The Morgan fingerprint density at radius 1 is 1.09 bits per heavy atom. The third-order valence-corrected chi connectivity index (χ3v) is 9.75. The van der Waals surface area contributed by atoms with Crippen LogP contribution in [0.15, 0.2) is 23.3 Å². The minimum absolute atomic E-state index is 0.0626. The zero-order valence-corrected chi connectivity index (χ0v) is 17.7. The van der Waals surface area contributed by atoms with Crippen LogP contribution >= 0.6 is 0 Å². The highest BCUT2D eigenvalue weighted by molar-refractivity contribution is 6.73. The van der Waals surface area contributed by atoms with Crippen LogP contribution in [0.5, 0.6) is 0 Å². The number of allylic oxidation sites excluding steroid dienone is 3. The van der Waals surface area contributed by atoms with Crippen molar-refractivity contribution in [2.45, 2.75) is 92.5 Å². The van der Waals surface area contributed by atoms with E-state index in [1.165, 1.54) is 11.1 Å². The lowest BCUT2D eigenvalue weighted by Crippen LogP contribution is -2.44. The van der Waals surface area contributed by atoms with Gasteiger partial charge in [-0.3, -0.25) is 4.79 Å². The summed E-state index contributed by atoms with van der Waals surface area (Å²) in [5.74, 6) is 0.266. The zero-order valence-electron chi connectivity index (χ0n) is 16.7. The molecule has 2 nitrogen and oxygen atoms in total. The molecule has 0 spiro atoms. The second-order valence-electron chi connectivity index (χ2n) is 6.71. The van der Waals surface area contributed by atoms with E-state index in [2.05, 4.69) is 53.7 Å². The second kappa shape index (κ2) is 11.0. The fourth-order valence-electron chi connectivity index (χ4n) is 3.03. The van der Waals surface area contributed by atoms with Crippen molar-refractivity contribution in [2.75, 3.05) is 0 Å². The van der Waals surface area contributed by atoms with Crippen molar-refractivity contribution in [2.24, 2.45) is 5.92 Å². The summed E-state index contributed by atoms with van der Waals surface area (Å²) in [6.07, 6.45) is 5.76. The fraction of sp³-hybridized carbons (Fsp3) is 0.750. The molecule has 3 heteroatoms. The maximum Gasteiger partial charge on any atom is 0.192 e. The molecule has 0 bridgehead atoms. The Morgan fingerprint density at radius 2 is 1.61 bits per heavy atom. The van der Waals surface area contributed by atoms with Gasteiger partial charge in [-0.25, -0.2) is 0 Å². The summed E-state index contributed by atoms with van der Waals surface area (Å²) in [7, 11) is -1.75. The summed E-state index contributed by atoms with van der Waals surface area (Å²) in [5.41, 5.74) is 2.41. The molecular formula is C20H38O2Si. The number of carbonyl (C=O) groups is 1. The summed E-state index contributed by atoms with van der Waals surface area (Å²) in [6, 6.07) is 3.34. The normalized spacial score (nSPS) is 16.3. The molecule has 0 aromatic carbocycles. The highest BCUT2D eigenvalue weighted by Crippen LogP contribution is 2.30. The molecule has 0 N–H and O–H groups in total. The van der Waals surface area contributed by atoms with Gasteiger partial charge >= 0.3 is 0 Å². The SMILES string of the molecule is C/C=C(C)/C=C(\C)[C@@H](O[Si](CC)(CC)CC)[C@@H](C)C(=O)CCC. The van der Waals surface area contributed by atoms with E-state index in [4.69, 9.17) is 4.43 Å². The minimum Gasteiger partial charge on any atom is -0.410 e. The van der Waals surface area contributed by atoms with Crippen molar-refractivity contribution in [3.05, 3.63) is 23.3 Å². The monoisotopic (exact) mass is 338 g/mol. The first-order chi connectivity index (χ1) is 10.8. The van der Waals surface area contributed by atoms with Gasteiger partial charge in [-0.05, 0) is 50.9 Å². The lowest BCUT2D eigenvalue weighted by atomic mass is 9.91. The van der Waals surface area contributed by atoms with Gasteiger partial charge in [0.25, 0.3) is 0 Å². The van der Waals surface area contributed by atoms with Crippen LogP contribution in [-0.2, 0) is 9.22 Å². The van der Waals surface area contributed by atoms with Crippen molar-refractivity contribution >= 4 is 14.1 Å². The first-order valence-corrected chi connectivity index (χ1v) is 11.8. The number of hydrogen-bond acceptors (Lipinski definition) is 2. The van der Waals surface area contributed by atoms with Gasteiger partial charge in [0.2, 0.25) is 0 Å². The topological polar surface area (TPSA) is 26.3 Å². The van der Waals surface area contributed by atoms with Gasteiger partial charge in [-0.15, -0.1) is 0 Å². The summed E-state index contributed by atoms with van der Waals surface area (Å²) in [4.78, 5) is 12.5. The van der Waals surface area contributed by atoms with Gasteiger partial charge in [0.1, 0.15) is 5.78 Å². The van der Waals surface area contributed by atoms with Crippen molar-refractivity contribution in [3.63, 3.8) is 0 Å². The molecule has 0 radical (unpaired) electrons. The molecule has 0 saturated carbocycles. The number of carbonyl (C=O) groups excluding carboxylic acids is 1. The van der Waals surface area contributed by atoms with E-state index in [0.29, 0.717) is 12.2 Å². The molecule has 0 heterocycles. The molecule has 0 fully saturated rings. The van der Waals surface area contributed by atoms with Gasteiger partial charge < -0.3 is 4.43 Å². The van der Waals surface area contributed by atoms with Crippen molar-refractivity contribution in [1.82, 2.24) is 0 Å². The highest BCUT2D eigenvalue weighted by atomic mass is 28.4. The molecule has 0 aromatic heterocycles. The molecule has 0 aromatic rings. The Bertz CT molecular complexity index is 411. The highest BCUT2D eigenvalue weighted by Gasteiger charge is 2.36. The van der Waals surface area contributed by atoms with E-state index >= 15 is 0 Å². The lowest BCUT2D eigenvalue weighted by Gasteiger charge is -2.36. The molecule has 0 rings (SSSR count). The van der Waals surface area contributed by atoms with Crippen LogP contribution in [-0.4, -0.2) is 20.2 Å². The summed E-state index contributed by atoms with van der Waals surface area (Å²) in [5, 5.41) is 0. The van der Waals surface area contributed by atoms with Gasteiger partial charge in [0.15, 0.2) is 8.32 Å². The standard InChI is InChI=1S/C20H38O2Si/c1-9-14-19(21)18(8)20(17(7)15-16(6)10-2)22-23(11-3,12-4)13-5/h10,15,18,20H,9,11-14H2,1-8H3/b16-10+,17-15+/t18-,20+/m0/s1. The lowest BCUT2D eigenvalue weighted by molar-refractivity contribution is -0.124. The smallest absolute Gasteiger partial charge is 0.192 e. The minimum atomic E-state index is -1.75. The Kier molecular flexibility index (Phi) is 10.7. The molecule has 0 amide bonds. The third kappa shape index (κ3) is 6.76. The Morgan fingerprint density at radius 3 is 2.00 bits per heavy atom. The molecule has 134 valence electrons. The summed E-state index contributed by atoms with van der Waals surface area (Å²) >= 11 is 0. The van der Waals surface area contributed by atoms with Crippen LogP contribution in [0, 0.1) is 5.92 Å². The number of hydrogen-bond donors (Lipinski definition) is 0. The van der Waals surface area contributed by atoms with Crippen LogP contribution in [0.25, 0.3) is 0 Å².